The summed E-state index contributed by atoms with van der Waals surface area (Å²) in [5.41, 5.74) is 11.3. The van der Waals surface area contributed by atoms with Crippen molar-refractivity contribution in [2.75, 3.05) is 25.7 Å². The van der Waals surface area contributed by atoms with E-state index in [0.717, 1.165) is 12.3 Å². The number of ether oxygens (including phenoxy) is 3. The quantitative estimate of drug-likeness (QED) is 0.140. The Bertz CT molecular complexity index is 1990. The van der Waals surface area contributed by atoms with Crippen LogP contribution in [0, 0.1) is 17.7 Å². The van der Waals surface area contributed by atoms with Crippen molar-refractivity contribution in [1.82, 2.24) is 14.5 Å². The second-order valence-corrected chi connectivity index (χ2v) is 9.98. The average Bonchev–Trinajstić information content (AvgIpc) is 3.82. The van der Waals surface area contributed by atoms with Gasteiger partial charge in [0.05, 0.1) is 30.9 Å². The van der Waals surface area contributed by atoms with E-state index in [2.05, 4.69) is 26.5 Å². The van der Waals surface area contributed by atoms with Gasteiger partial charge in [-0.1, -0.05) is 11.8 Å². The number of nitrogens with two attached hydrogens (primary N) is 2. The van der Waals surface area contributed by atoms with Crippen LogP contribution in [0.3, 0.4) is 0 Å². The first-order chi connectivity index (χ1) is 21.3. The third-order valence-electron chi connectivity index (χ3n) is 6.88. The van der Waals surface area contributed by atoms with Crippen LogP contribution in [-0.4, -0.2) is 46.9 Å². The molecule has 0 unspecified atom stereocenters. The third-order valence-corrected chi connectivity index (χ3v) is 6.88. The summed E-state index contributed by atoms with van der Waals surface area (Å²) in [6, 6.07) is 5.29. The summed E-state index contributed by atoms with van der Waals surface area (Å²) in [6.07, 6.45) is -1.43. The lowest BCUT2D eigenvalue weighted by Gasteiger charge is -2.14. The molecule has 0 spiro atoms. The van der Waals surface area contributed by atoms with Gasteiger partial charge in [-0.2, -0.15) is 18.2 Å². The lowest BCUT2D eigenvalue weighted by atomic mass is 10.0. The number of rotatable bonds is 6. The van der Waals surface area contributed by atoms with Gasteiger partial charge in [0.2, 0.25) is 11.4 Å². The number of nitrogens with zero attached hydrogens (tertiary/aromatic N) is 3. The molecule has 1 fully saturated rings. The molecule has 11 nitrogen and oxygen atoms in total. The Morgan fingerprint density at radius 2 is 1.78 bits per heavy atom. The van der Waals surface area contributed by atoms with Gasteiger partial charge in [0.25, 0.3) is 0 Å². The van der Waals surface area contributed by atoms with Crippen LogP contribution in [0.1, 0.15) is 51.5 Å². The van der Waals surface area contributed by atoms with Gasteiger partial charge in [0.15, 0.2) is 11.5 Å². The highest BCUT2D eigenvalue weighted by Gasteiger charge is 2.43. The Kier molecular flexibility index (Phi) is 8.07. The second kappa shape index (κ2) is 11.8. The molecule has 0 atom stereocenters. The zero-order chi connectivity index (χ0) is 32.6. The van der Waals surface area contributed by atoms with Crippen molar-refractivity contribution in [3.63, 3.8) is 0 Å². The highest BCUT2D eigenvalue weighted by atomic mass is 19.4. The van der Waals surface area contributed by atoms with Crippen LogP contribution in [0.4, 0.5) is 29.3 Å². The van der Waals surface area contributed by atoms with Crippen LogP contribution in [0.5, 0.6) is 11.5 Å². The zero-order valence-electron chi connectivity index (χ0n) is 23.6. The number of carbonyl (C=O) groups is 2. The van der Waals surface area contributed by atoms with Gasteiger partial charge in [-0.3, -0.25) is 4.79 Å². The minimum atomic E-state index is -5.45. The molecular formula is C30H23F4N5O6. The zero-order valence-corrected chi connectivity index (χ0v) is 23.6. The first kappa shape index (κ1) is 30.8. The Labute approximate surface area is 251 Å². The van der Waals surface area contributed by atoms with Gasteiger partial charge in [-0.15, -0.1) is 0 Å². The fourth-order valence-corrected chi connectivity index (χ4v) is 4.60. The van der Waals surface area contributed by atoms with Crippen LogP contribution < -0.4 is 26.4 Å². The van der Waals surface area contributed by atoms with Crippen LogP contribution in [-0.2, 0) is 16.0 Å². The molecule has 5 rings (SSSR count). The Morgan fingerprint density at radius 3 is 2.40 bits per heavy atom. The van der Waals surface area contributed by atoms with Crippen LogP contribution >= 0.6 is 0 Å². The number of alkyl halides is 3. The van der Waals surface area contributed by atoms with Gasteiger partial charge >= 0.3 is 18.1 Å². The lowest BCUT2D eigenvalue weighted by molar-refractivity contribution is -0.193. The van der Waals surface area contributed by atoms with Crippen molar-refractivity contribution in [2.45, 2.75) is 31.5 Å². The summed E-state index contributed by atoms with van der Waals surface area (Å²) >= 11 is 0. The molecule has 0 saturated heterocycles. The number of esters is 2. The smallest absolute Gasteiger partial charge is 0.491 e. The highest BCUT2D eigenvalue weighted by Crippen LogP contribution is 2.38. The van der Waals surface area contributed by atoms with Gasteiger partial charge in [-0.05, 0) is 42.7 Å². The molecule has 1 saturated carbocycles. The molecule has 0 radical (unpaired) electrons. The number of hydrogen-bond donors (Lipinski definition) is 2. The Balaban J connectivity index is 1.57. The van der Waals surface area contributed by atoms with E-state index in [0.29, 0.717) is 35.3 Å². The number of halogens is 4. The predicted octanol–water partition coefficient (Wildman–Crippen LogP) is 3.68. The van der Waals surface area contributed by atoms with Crippen molar-refractivity contribution < 1.29 is 41.4 Å². The molecule has 1 aliphatic carbocycles. The Hall–Kier alpha value is -5.65. The third kappa shape index (κ3) is 6.35. The normalized spacial score (nSPS) is 12.8. The minimum Gasteiger partial charge on any atom is -0.493 e. The summed E-state index contributed by atoms with van der Waals surface area (Å²) in [4.78, 5) is 44.5. The molecule has 0 amide bonds. The van der Waals surface area contributed by atoms with E-state index >= 15 is 4.39 Å². The number of pyridine rings is 1. The molecule has 2 aromatic carbocycles. The summed E-state index contributed by atoms with van der Waals surface area (Å²) < 4.78 is 69.5. The molecule has 0 bridgehead atoms. The second-order valence-electron chi connectivity index (χ2n) is 9.98. The first-order valence-corrected chi connectivity index (χ1v) is 13.2. The number of methoxy groups -OCH3 is 2. The number of anilines is 2. The van der Waals surface area contributed by atoms with Crippen LogP contribution in [0.2, 0.25) is 0 Å². The summed E-state index contributed by atoms with van der Waals surface area (Å²) in [6.45, 7) is 0. The molecule has 0 aliphatic heterocycles. The number of benzene rings is 2. The van der Waals surface area contributed by atoms with Gasteiger partial charge < -0.3 is 30.2 Å². The predicted molar refractivity (Wildman–Crippen MR) is 152 cm³/mol. The van der Waals surface area contributed by atoms with Crippen molar-refractivity contribution in [3.05, 3.63) is 80.5 Å². The molecule has 1 aliphatic rings. The van der Waals surface area contributed by atoms with E-state index in [1.54, 1.807) is 12.1 Å². The summed E-state index contributed by atoms with van der Waals surface area (Å²) in [5, 5.41) is -0.302. The van der Waals surface area contributed by atoms with E-state index in [9.17, 15) is 27.6 Å². The summed E-state index contributed by atoms with van der Waals surface area (Å²) in [5.74, 6) is 0.906. The van der Waals surface area contributed by atoms with E-state index in [1.807, 2.05) is 0 Å². The number of nitrogen functional groups attached to an aromatic ring is 2. The van der Waals surface area contributed by atoms with E-state index in [1.165, 1.54) is 31.0 Å². The van der Waals surface area contributed by atoms with E-state index in [-0.39, 0.29) is 46.4 Å². The Morgan fingerprint density at radius 1 is 1.07 bits per heavy atom. The van der Waals surface area contributed by atoms with Crippen molar-refractivity contribution in [2.24, 2.45) is 0 Å². The number of hydrogen-bond acceptors (Lipinski definition) is 10. The molecule has 232 valence electrons. The molecule has 45 heavy (non-hydrogen) atoms. The number of carbonyl (C=O) groups excluding carboxylic acids is 2. The fraction of sp³-hybridized carbons (Fsp3) is 0.233. The van der Waals surface area contributed by atoms with Gasteiger partial charge in [0.1, 0.15) is 17.2 Å². The van der Waals surface area contributed by atoms with Crippen molar-refractivity contribution in [1.29, 1.82) is 0 Å². The largest absolute Gasteiger partial charge is 0.493 e. The topological polar surface area (TPSA) is 162 Å². The van der Waals surface area contributed by atoms with E-state index in [4.69, 9.17) is 20.9 Å². The molecule has 4 N–H and O–H groups in total. The molecular weight excluding hydrogens is 602 g/mol. The van der Waals surface area contributed by atoms with Crippen LogP contribution in [0.25, 0.3) is 10.9 Å². The fourth-order valence-electron chi connectivity index (χ4n) is 4.60. The highest BCUT2D eigenvalue weighted by molar-refractivity contribution is 6.00. The minimum absolute atomic E-state index is 0.0207. The van der Waals surface area contributed by atoms with Gasteiger partial charge in [-0.25, -0.2) is 19.0 Å². The average molecular weight is 626 g/mol. The maximum Gasteiger partial charge on any atom is 0.491 e. The number of fused-ring (bicyclic) bond motifs is 1. The summed E-state index contributed by atoms with van der Waals surface area (Å²) in [7, 11) is 2.84. The molecule has 4 aromatic rings. The maximum atomic E-state index is 15.4. The SMILES string of the molecule is COc1cc(Cc2cnc(N)nc2N)cc(C#Cc2cc3c(cc2F)c(=O)c(C(=O)OC(=O)C(F)(F)F)cn3C2CC2)c1OC. The molecule has 15 heteroatoms. The monoisotopic (exact) mass is 625 g/mol. The van der Waals surface area contributed by atoms with Gasteiger partial charge in [0, 0.05) is 35.8 Å². The lowest BCUT2D eigenvalue weighted by Crippen LogP contribution is -2.30. The standard InChI is InChI=1S/C30H23F4N5O6/c1-43-23-9-14(8-17-12-37-29(36)38-26(17)35)7-16(25(23)44-2)4-3-15-10-22-19(11-21(15)31)24(40)20(13-39(22)18-5-6-18)27(41)45-28(42)30(32,33)34/h7,9-13,18H,5-6,8H2,1-2H3,(H4,35,36,37,38). The molecule has 2 heterocycles. The maximum absolute atomic E-state index is 15.4. The first-order valence-electron chi connectivity index (χ1n) is 13.2. The molecule has 2 aromatic heterocycles. The van der Waals surface area contributed by atoms with E-state index < -0.39 is 34.9 Å². The number of aromatic nitrogens is 3. The van der Waals surface area contributed by atoms with Crippen molar-refractivity contribution in [3.8, 4) is 23.3 Å². The van der Waals surface area contributed by atoms with Crippen molar-refractivity contribution >= 4 is 34.6 Å². The van der Waals surface area contributed by atoms with Crippen LogP contribution in [0.15, 0.2) is 41.5 Å².